The van der Waals surface area contributed by atoms with Gasteiger partial charge < -0.3 is 0 Å². The molecule has 2 nitrogen and oxygen atoms in total. The first-order valence-electron chi connectivity index (χ1n) is 9.36. The molecule has 2 aromatic carbocycles. The predicted octanol–water partition coefficient (Wildman–Crippen LogP) is 8.77. The Balaban J connectivity index is -0.000000153. The van der Waals surface area contributed by atoms with Crippen LogP contribution >= 0.6 is 0 Å². The van der Waals surface area contributed by atoms with Gasteiger partial charge >= 0.3 is 0 Å². The Bertz CT molecular complexity index is 744. The van der Waals surface area contributed by atoms with E-state index in [2.05, 4.69) is 52.6 Å². The van der Waals surface area contributed by atoms with Crippen molar-refractivity contribution in [2.45, 2.75) is 0 Å². The van der Waals surface area contributed by atoms with Gasteiger partial charge in [-0.25, -0.2) is 0 Å². The van der Waals surface area contributed by atoms with Gasteiger partial charge in [0.15, 0.2) is 0 Å². The van der Waals surface area contributed by atoms with Crippen molar-refractivity contribution < 1.29 is 0 Å². The number of nitriles is 2. The Kier molecular flexibility index (Phi) is 40.4. The van der Waals surface area contributed by atoms with Crippen molar-refractivity contribution in [3.63, 3.8) is 0 Å². The molecule has 32 heavy (non-hydrogen) atoms. The summed E-state index contributed by atoms with van der Waals surface area (Å²) in [5.74, 6) is 0. The lowest BCUT2D eigenvalue weighted by atomic mass is 10.2. The van der Waals surface area contributed by atoms with Crippen molar-refractivity contribution in [1.29, 1.82) is 10.5 Å². The third kappa shape index (κ3) is 40.1. The van der Waals surface area contributed by atoms with Crippen LogP contribution in [0.25, 0.3) is 12.2 Å². The fraction of sp³-hybridized carbons (Fsp3) is 0. The summed E-state index contributed by atoms with van der Waals surface area (Å²) in [7, 11) is 0. The highest BCUT2D eigenvalue weighted by atomic mass is 14.2. The second-order valence-corrected chi connectivity index (χ2v) is 4.84. The molecule has 0 atom stereocenters. The molecule has 0 bridgehead atoms. The van der Waals surface area contributed by atoms with Crippen LogP contribution in [0, 0.1) is 22.7 Å². The van der Waals surface area contributed by atoms with Crippen molar-refractivity contribution >= 4 is 12.2 Å². The Morgan fingerprint density at radius 3 is 0.781 bits per heavy atom. The Labute approximate surface area is 195 Å². The molecule has 2 heteroatoms. The van der Waals surface area contributed by atoms with Gasteiger partial charge in [-0.05, 0) is 11.1 Å². The Morgan fingerprint density at radius 1 is 0.469 bits per heavy atom. The van der Waals surface area contributed by atoms with E-state index in [0.717, 1.165) is 0 Å². The molecule has 0 amide bonds. The third-order valence-electron chi connectivity index (χ3n) is 2.59. The molecule has 0 aliphatic rings. The minimum absolute atomic E-state index is 1.17. The van der Waals surface area contributed by atoms with E-state index in [1.807, 2.05) is 72.8 Å². The predicted molar refractivity (Wildman–Crippen MR) is 145 cm³/mol. The largest absolute Gasteiger partial charge is 0.193 e. The van der Waals surface area contributed by atoms with Crippen LogP contribution < -0.4 is 0 Å². The average molecular weight is 423 g/mol. The van der Waals surface area contributed by atoms with Gasteiger partial charge in [-0.1, -0.05) is 150 Å². The molecule has 0 unspecified atom stereocenters. The van der Waals surface area contributed by atoms with Gasteiger partial charge in [-0.15, -0.1) is 0 Å². The number of allylic oxidation sites excluding steroid dienone is 6. The highest BCUT2D eigenvalue weighted by Gasteiger charge is 1.76. The van der Waals surface area contributed by atoms with Crippen molar-refractivity contribution in [2.75, 3.05) is 0 Å². The van der Waals surface area contributed by atoms with Gasteiger partial charge in [0.05, 0.1) is 12.1 Å². The highest BCUT2D eigenvalue weighted by molar-refractivity contribution is 5.46. The third-order valence-corrected chi connectivity index (χ3v) is 2.59. The van der Waals surface area contributed by atoms with Crippen LogP contribution in [0.1, 0.15) is 11.1 Å². The number of rotatable bonds is 4. The molecule has 2 rings (SSSR count). The van der Waals surface area contributed by atoms with Crippen molar-refractivity contribution in [3.05, 3.63) is 161 Å². The fourth-order valence-corrected chi connectivity index (χ4v) is 1.18. The summed E-state index contributed by atoms with van der Waals surface area (Å²) >= 11 is 0. The summed E-state index contributed by atoms with van der Waals surface area (Å²) in [6.07, 6.45) is 12.6. The van der Waals surface area contributed by atoms with E-state index in [0.29, 0.717) is 0 Å². The summed E-state index contributed by atoms with van der Waals surface area (Å²) in [6, 6.07) is 23.4. The molecule has 0 aliphatic carbocycles. The zero-order valence-electron chi connectivity index (χ0n) is 18.9. The quantitative estimate of drug-likeness (QED) is 0.365. The maximum atomic E-state index is 7.51. The monoisotopic (exact) mass is 422 g/mol. The standard InChI is InChI=1S/2C8H8.2C4H6.2C3H3N/c2*1-2-8-6-4-3-5-7-8;2*1-3-4-2;2*1-2-3-4/h2*2-7H,1H2;2*3-4H,1-2H2;2*2H,1H2. The van der Waals surface area contributed by atoms with Gasteiger partial charge in [-0.3, -0.25) is 0 Å². The second-order valence-electron chi connectivity index (χ2n) is 4.84. The fourth-order valence-electron chi connectivity index (χ4n) is 1.18. The summed E-state index contributed by atoms with van der Waals surface area (Å²) < 4.78 is 0. The molecule has 2 aromatic rings. The number of nitrogens with zero attached hydrogens (tertiary/aromatic N) is 2. The minimum atomic E-state index is 1.17. The lowest BCUT2D eigenvalue weighted by Gasteiger charge is -1.85. The molecule has 0 saturated carbocycles. The van der Waals surface area contributed by atoms with Crippen LogP contribution in [0.3, 0.4) is 0 Å². The summed E-state index contributed by atoms with van der Waals surface area (Å²) in [6.45, 7) is 26.9. The van der Waals surface area contributed by atoms with Crippen LogP contribution in [-0.2, 0) is 0 Å². The molecule has 0 fully saturated rings. The Morgan fingerprint density at radius 2 is 0.688 bits per heavy atom. The molecular weight excluding hydrogens is 388 g/mol. The van der Waals surface area contributed by atoms with E-state index < -0.39 is 0 Å². The smallest absolute Gasteiger partial charge is 0.0905 e. The molecule has 0 aromatic heterocycles. The first kappa shape index (κ1) is 34.8. The second kappa shape index (κ2) is 37.1. The van der Waals surface area contributed by atoms with E-state index in [9.17, 15) is 0 Å². The first-order valence-corrected chi connectivity index (χ1v) is 9.36. The summed E-state index contributed by atoms with van der Waals surface area (Å²) in [5.41, 5.74) is 2.35. The van der Waals surface area contributed by atoms with E-state index in [4.69, 9.17) is 10.5 Å². The van der Waals surface area contributed by atoms with Crippen molar-refractivity contribution in [3.8, 4) is 12.1 Å². The Hall–Kier alpha value is -4.66. The number of hydrogen-bond acceptors (Lipinski definition) is 2. The first-order chi connectivity index (χ1) is 15.5. The van der Waals surface area contributed by atoms with E-state index in [1.165, 1.54) is 23.3 Å². The van der Waals surface area contributed by atoms with E-state index >= 15 is 0 Å². The molecule has 164 valence electrons. The number of hydrogen-bond donors (Lipinski definition) is 0. The van der Waals surface area contributed by atoms with Gasteiger partial charge in [0.1, 0.15) is 0 Å². The van der Waals surface area contributed by atoms with E-state index in [-0.39, 0.29) is 0 Å². The summed E-state index contributed by atoms with van der Waals surface area (Å²) in [5, 5.41) is 15.0. The normalized spacial score (nSPS) is 6.44. The molecule has 0 saturated heterocycles. The molecular formula is C30H34N2. The topological polar surface area (TPSA) is 47.6 Å². The highest BCUT2D eigenvalue weighted by Crippen LogP contribution is 1.98. The van der Waals surface area contributed by atoms with Crippen LogP contribution in [0.15, 0.2) is 150 Å². The van der Waals surface area contributed by atoms with Crippen molar-refractivity contribution in [2.24, 2.45) is 0 Å². The number of benzene rings is 2. The van der Waals surface area contributed by atoms with Crippen LogP contribution in [0.2, 0.25) is 0 Å². The van der Waals surface area contributed by atoms with Gasteiger partial charge in [0, 0.05) is 12.2 Å². The van der Waals surface area contributed by atoms with Crippen LogP contribution in [-0.4, -0.2) is 0 Å². The van der Waals surface area contributed by atoms with Crippen LogP contribution in [0.5, 0.6) is 0 Å². The molecule has 0 spiro atoms. The van der Waals surface area contributed by atoms with Gasteiger partial charge in [0.25, 0.3) is 0 Å². The average Bonchev–Trinajstić information content (AvgIpc) is 2.90. The van der Waals surface area contributed by atoms with Crippen molar-refractivity contribution in [1.82, 2.24) is 0 Å². The lowest BCUT2D eigenvalue weighted by molar-refractivity contribution is 1.54. The van der Waals surface area contributed by atoms with Gasteiger partial charge in [0.2, 0.25) is 0 Å². The maximum Gasteiger partial charge on any atom is 0.0905 e. The van der Waals surface area contributed by atoms with Crippen LogP contribution in [0.4, 0.5) is 0 Å². The van der Waals surface area contributed by atoms with Gasteiger partial charge in [-0.2, -0.15) is 10.5 Å². The van der Waals surface area contributed by atoms with E-state index in [1.54, 1.807) is 36.4 Å². The maximum absolute atomic E-state index is 7.51. The lowest BCUT2D eigenvalue weighted by Crippen LogP contribution is -1.63. The zero-order valence-corrected chi connectivity index (χ0v) is 18.9. The molecule has 0 radical (unpaired) electrons. The summed E-state index contributed by atoms with van der Waals surface area (Å²) in [4.78, 5) is 0. The molecule has 0 aliphatic heterocycles. The zero-order chi connectivity index (χ0) is 25.3. The SMILES string of the molecule is C=CC#N.C=CC#N.C=CC=C.C=CC=C.C=Cc1ccccc1.C=Cc1ccccc1. The molecule has 0 N–H and O–H groups in total. The molecule has 0 heterocycles. The minimum Gasteiger partial charge on any atom is -0.193 e.